The summed E-state index contributed by atoms with van der Waals surface area (Å²) in [7, 11) is 0. The van der Waals surface area contributed by atoms with E-state index in [1.54, 1.807) is 0 Å². The Hall–Kier alpha value is -1.10. The van der Waals surface area contributed by atoms with Crippen molar-refractivity contribution in [3.63, 3.8) is 0 Å². The van der Waals surface area contributed by atoms with Crippen molar-refractivity contribution in [3.05, 3.63) is 0 Å². The molecule has 6 fully saturated rings. The summed E-state index contributed by atoms with van der Waals surface area (Å²) < 4.78 is 5.55. The van der Waals surface area contributed by atoms with Crippen LogP contribution < -0.4 is 5.32 Å². The van der Waals surface area contributed by atoms with Crippen molar-refractivity contribution in [3.8, 4) is 0 Å². The third-order valence-electron chi connectivity index (χ3n) is 7.23. The first-order chi connectivity index (χ1) is 11.0. The molecule has 126 valence electrons. The third kappa shape index (κ3) is 1.95. The van der Waals surface area contributed by atoms with Crippen molar-refractivity contribution in [1.82, 2.24) is 10.2 Å². The molecule has 3 saturated carbocycles. The standard InChI is InChI=1S/C18H26N2O3/c1-17(19-16(22)18-6-12(7-18)23-10-18)8-20(9-17)15(21)14-5-11-3-2-4-13(11)14/h11-14H,2-10H2,1H3,(H,19,22). The van der Waals surface area contributed by atoms with Crippen molar-refractivity contribution in [2.75, 3.05) is 19.7 Å². The molecule has 3 aliphatic carbocycles. The van der Waals surface area contributed by atoms with Crippen LogP contribution in [0.2, 0.25) is 0 Å². The van der Waals surface area contributed by atoms with Crippen LogP contribution in [0.25, 0.3) is 0 Å². The Labute approximate surface area is 137 Å². The van der Waals surface area contributed by atoms with Gasteiger partial charge in [0.05, 0.1) is 23.7 Å². The summed E-state index contributed by atoms with van der Waals surface area (Å²) in [5.41, 5.74) is -0.503. The Morgan fingerprint density at radius 1 is 1.22 bits per heavy atom. The number of carbonyl (C=O) groups excluding carboxylic acids is 2. The molecule has 3 aliphatic heterocycles. The average Bonchev–Trinajstić information content (AvgIpc) is 3.10. The van der Waals surface area contributed by atoms with Gasteiger partial charge in [-0.1, -0.05) is 12.8 Å². The lowest BCUT2D eigenvalue weighted by atomic mass is 9.65. The van der Waals surface area contributed by atoms with Gasteiger partial charge in [0.1, 0.15) is 0 Å². The molecule has 23 heavy (non-hydrogen) atoms. The highest BCUT2D eigenvalue weighted by Gasteiger charge is 2.59. The Morgan fingerprint density at radius 2 is 2.00 bits per heavy atom. The van der Waals surface area contributed by atoms with Crippen LogP contribution in [0.1, 0.15) is 45.4 Å². The second-order valence-corrected chi connectivity index (χ2v) is 9.03. The maximum atomic E-state index is 12.6. The zero-order valence-corrected chi connectivity index (χ0v) is 13.8. The van der Waals surface area contributed by atoms with Crippen LogP contribution in [0.15, 0.2) is 0 Å². The SMILES string of the molecule is CC1(NC(=O)C23COC(C2)C3)CN(C(=O)C2CC3CCCC32)C1. The van der Waals surface area contributed by atoms with Gasteiger partial charge in [0, 0.05) is 19.0 Å². The zero-order chi connectivity index (χ0) is 15.8. The maximum Gasteiger partial charge on any atom is 0.229 e. The fraction of sp³-hybridized carbons (Fsp3) is 0.889. The second kappa shape index (κ2) is 4.50. The van der Waals surface area contributed by atoms with Crippen LogP contribution in [-0.2, 0) is 14.3 Å². The predicted molar refractivity (Wildman–Crippen MR) is 83.5 cm³/mol. The van der Waals surface area contributed by atoms with E-state index in [1.165, 1.54) is 19.3 Å². The normalized spacial score (nSPS) is 45.5. The Morgan fingerprint density at radius 3 is 2.65 bits per heavy atom. The van der Waals surface area contributed by atoms with E-state index in [-0.39, 0.29) is 22.8 Å². The highest BCUT2D eigenvalue weighted by Crippen LogP contribution is 2.52. The van der Waals surface area contributed by atoms with Crippen molar-refractivity contribution < 1.29 is 14.3 Å². The minimum atomic E-state index is -0.261. The summed E-state index contributed by atoms with van der Waals surface area (Å²) >= 11 is 0. The average molecular weight is 318 g/mol. The monoisotopic (exact) mass is 318 g/mol. The van der Waals surface area contributed by atoms with E-state index in [0.29, 0.717) is 37.6 Å². The van der Waals surface area contributed by atoms with E-state index in [9.17, 15) is 9.59 Å². The van der Waals surface area contributed by atoms with Gasteiger partial charge in [-0.3, -0.25) is 9.59 Å². The molecule has 6 rings (SSSR count). The molecule has 0 aromatic heterocycles. The van der Waals surface area contributed by atoms with Crippen LogP contribution in [-0.4, -0.2) is 48.1 Å². The Bertz CT molecular complexity index is 557. The number of nitrogens with zero attached hydrogens (tertiary/aromatic N) is 1. The van der Waals surface area contributed by atoms with Gasteiger partial charge in [0.25, 0.3) is 0 Å². The molecule has 0 aromatic rings. The lowest BCUT2D eigenvalue weighted by molar-refractivity contribution is -0.155. The van der Waals surface area contributed by atoms with Gasteiger partial charge in [-0.25, -0.2) is 0 Å². The zero-order valence-electron chi connectivity index (χ0n) is 13.8. The molecule has 2 amide bonds. The first kappa shape index (κ1) is 14.3. The first-order valence-electron chi connectivity index (χ1n) is 9.21. The molecule has 0 spiro atoms. The van der Waals surface area contributed by atoms with Gasteiger partial charge in [-0.15, -0.1) is 0 Å². The number of fused-ring (bicyclic) bond motifs is 2. The molecule has 1 N–H and O–H groups in total. The van der Waals surface area contributed by atoms with Crippen LogP contribution in [0.4, 0.5) is 0 Å². The van der Waals surface area contributed by atoms with Gasteiger partial charge in [-0.05, 0) is 44.4 Å². The highest BCUT2D eigenvalue weighted by molar-refractivity contribution is 5.86. The van der Waals surface area contributed by atoms with Crippen LogP contribution in [0, 0.1) is 23.2 Å². The summed E-state index contributed by atoms with van der Waals surface area (Å²) in [6.07, 6.45) is 7.04. The number of ether oxygens (including phenoxy) is 1. The van der Waals surface area contributed by atoms with E-state index in [1.807, 2.05) is 4.90 Å². The quantitative estimate of drug-likeness (QED) is 0.854. The van der Waals surface area contributed by atoms with E-state index < -0.39 is 0 Å². The summed E-state index contributed by atoms with van der Waals surface area (Å²) in [6.45, 7) is 3.99. The lowest BCUT2D eigenvalue weighted by Crippen LogP contribution is -2.72. The van der Waals surface area contributed by atoms with Crippen LogP contribution in [0.3, 0.4) is 0 Å². The second-order valence-electron chi connectivity index (χ2n) is 9.03. The summed E-state index contributed by atoms with van der Waals surface area (Å²) in [5.74, 6) is 2.23. The molecule has 3 saturated heterocycles. The lowest BCUT2D eigenvalue weighted by Gasteiger charge is -2.53. The summed E-state index contributed by atoms with van der Waals surface area (Å²) in [5, 5.41) is 3.21. The first-order valence-corrected chi connectivity index (χ1v) is 9.21. The molecule has 6 aliphatic rings. The molecule has 3 heterocycles. The van der Waals surface area contributed by atoms with Crippen LogP contribution >= 0.6 is 0 Å². The number of hydrogen-bond donors (Lipinski definition) is 1. The van der Waals surface area contributed by atoms with Gasteiger partial charge in [0.2, 0.25) is 11.8 Å². The number of rotatable bonds is 3. The molecule has 3 atom stereocenters. The molecule has 2 bridgehead atoms. The number of hydrogen-bond acceptors (Lipinski definition) is 3. The van der Waals surface area contributed by atoms with Crippen molar-refractivity contribution in [2.24, 2.45) is 23.2 Å². The van der Waals surface area contributed by atoms with E-state index in [2.05, 4.69) is 12.2 Å². The third-order valence-corrected chi connectivity index (χ3v) is 7.23. The highest BCUT2D eigenvalue weighted by atomic mass is 16.5. The summed E-state index contributed by atoms with van der Waals surface area (Å²) in [6, 6.07) is 0. The smallest absolute Gasteiger partial charge is 0.229 e. The fourth-order valence-electron chi connectivity index (χ4n) is 5.73. The number of carbonyl (C=O) groups is 2. The fourth-order valence-corrected chi connectivity index (χ4v) is 5.73. The number of nitrogens with one attached hydrogen (secondary N) is 1. The molecule has 0 aromatic carbocycles. The molecule has 5 heteroatoms. The molecular formula is C18H26N2O3. The van der Waals surface area contributed by atoms with Crippen molar-refractivity contribution in [2.45, 2.75) is 57.1 Å². The van der Waals surface area contributed by atoms with E-state index in [0.717, 1.165) is 25.2 Å². The van der Waals surface area contributed by atoms with E-state index in [4.69, 9.17) is 4.74 Å². The number of amides is 2. The largest absolute Gasteiger partial charge is 0.377 e. The molecule has 3 unspecified atom stereocenters. The van der Waals surface area contributed by atoms with Crippen molar-refractivity contribution in [1.29, 1.82) is 0 Å². The molecule has 5 nitrogen and oxygen atoms in total. The van der Waals surface area contributed by atoms with E-state index >= 15 is 0 Å². The molecular weight excluding hydrogens is 292 g/mol. The maximum absolute atomic E-state index is 12.6. The number of likely N-dealkylation sites (tertiary alicyclic amines) is 1. The van der Waals surface area contributed by atoms with Gasteiger partial charge in [-0.2, -0.15) is 0 Å². The van der Waals surface area contributed by atoms with Gasteiger partial charge in [0.15, 0.2) is 0 Å². The van der Waals surface area contributed by atoms with Crippen LogP contribution in [0.5, 0.6) is 0 Å². The van der Waals surface area contributed by atoms with Crippen molar-refractivity contribution >= 4 is 11.8 Å². The summed E-state index contributed by atoms with van der Waals surface area (Å²) in [4.78, 5) is 27.2. The Kier molecular flexibility index (Phi) is 2.79. The minimum absolute atomic E-state index is 0.139. The Balaban J connectivity index is 1.16. The van der Waals surface area contributed by atoms with Gasteiger partial charge >= 0.3 is 0 Å². The molecule has 0 radical (unpaired) electrons. The minimum Gasteiger partial charge on any atom is -0.377 e. The predicted octanol–water partition coefficient (Wildman–Crippen LogP) is 1.32. The van der Waals surface area contributed by atoms with Gasteiger partial charge < -0.3 is 15.0 Å². The topological polar surface area (TPSA) is 58.6 Å².